The van der Waals surface area contributed by atoms with Crippen LogP contribution in [0.4, 0.5) is 0 Å². The van der Waals surface area contributed by atoms with Crippen molar-refractivity contribution in [1.29, 1.82) is 0 Å². The van der Waals surface area contributed by atoms with Crippen LogP contribution in [0.25, 0.3) is 5.76 Å². The Balaban J connectivity index is 1.70. The highest BCUT2D eigenvalue weighted by atomic mass is 16.7. The Morgan fingerprint density at radius 1 is 1.06 bits per heavy atom. The summed E-state index contributed by atoms with van der Waals surface area (Å²) in [6.07, 6.45) is 1.43. The average Bonchev–Trinajstić information content (AvgIpc) is 3.36. The van der Waals surface area contributed by atoms with Gasteiger partial charge in [-0.1, -0.05) is 42.3 Å². The lowest BCUT2D eigenvalue weighted by Crippen LogP contribution is -2.30. The van der Waals surface area contributed by atoms with E-state index in [9.17, 15) is 24.6 Å². The maximum atomic E-state index is 13.0. The van der Waals surface area contributed by atoms with Crippen molar-refractivity contribution < 1.29 is 34.1 Å². The van der Waals surface area contributed by atoms with E-state index in [1.165, 1.54) is 4.90 Å². The lowest BCUT2D eigenvalue weighted by molar-refractivity contribution is -0.305. The molecule has 0 bridgehead atoms. The van der Waals surface area contributed by atoms with E-state index < -0.39 is 23.7 Å². The monoisotopic (exact) mass is 450 g/mol. The maximum Gasteiger partial charge on any atom is 0.295 e. The molecule has 172 valence electrons. The van der Waals surface area contributed by atoms with Gasteiger partial charge in [0, 0.05) is 18.1 Å². The van der Waals surface area contributed by atoms with Gasteiger partial charge < -0.3 is 29.4 Å². The molecule has 1 saturated heterocycles. The van der Waals surface area contributed by atoms with E-state index in [1.54, 1.807) is 30.3 Å². The molecule has 2 aromatic carbocycles. The summed E-state index contributed by atoms with van der Waals surface area (Å²) in [5.74, 6) is -1.75. The predicted octanol–water partition coefficient (Wildman–Crippen LogP) is 2.46. The number of carbonyl (C=O) groups is 3. The molecule has 2 aromatic rings. The number of rotatable bonds is 8. The van der Waals surface area contributed by atoms with Crippen LogP contribution in [0, 0.1) is 6.92 Å². The van der Waals surface area contributed by atoms with Gasteiger partial charge in [-0.05, 0) is 43.9 Å². The molecule has 1 N–H and O–H groups in total. The molecule has 0 radical (unpaired) electrons. The zero-order chi connectivity index (χ0) is 23.5. The number of aliphatic hydroxyl groups excluding tert-OH is 1. The van der Waals surface area contributed by atoms with Gasteiger partial charge in [-0.2, -0.15) is 0 Å². The first-order valence-electron chi connectivity index (χ1n) is 10.8. The minimum atomic E-state index is -1.12. The molecule has 33 heavy (non-hydrogen) atoms. The highest BCUT2D eigenvalue weighted by molar-refractivity contribution is 6.46. The number of carboxylic acid groups (broad SMARTS) is 1. The number of unbranched alkanes of at least 4 members (excludes halogenated alkanes) is 2. The third-order valence-corrected chi connectivity index (χ3v) is 5.86. The van der Waals surface area contributed by atoms with Crippen LogP contribution in [0.15, 0.2) is 48.0 Å². The van der Waals surface area contributed by atoms with Crippen LogP contribution in [-0.4, -0.2) is 41.0 Å². The van der Waals surface area contributed by atoms with Gasteiger partial charge in [0.1, 0.15) is 5.76 Å². The molecule has 2 aliphatic rings. The van der Waals surface area contributed by atoms with E-state index in [2.05, 4.69) is 0 Å². The third-order valence-electron chi connectivity index (χ3n) is 5.86. The van der Waals surface area contributed by atoms with Gasteiger partial charge in [-0.15, -0.1) is 0 Å². The second-order valence-corrected chi connectivity index (χ2v) is 8.15. The summed E-state index contributed by atoms with van der Waals surface area (Å²) in [5.41, 5.74) is 2.06. The first-order chi connectivity index (χ1) is 15.9. The molecule has 1 atom stereocenters. The smallest absolute Gasteiger partial charge is 0.295 e. The summed E-state index contributed by atoms with van der Waals surface area (Å²) in [4.78, 5) is 38.1. The molecule has 2 aliphatic heterocycles. The van der Waals surface area contributed by atoms with E-state index in [4.69, 9.17) is 9.47 Å². The summed E-state index contributed by atoms with van der Waals surface area (Å²) >= 11 is 0. The summed E-state index contributed by atoms with van der Waals surface area (Å²) < 4.78 is 10.8. The van der Waals surface area contributed by atoms with Crippen molar-refractivity contribution in [1.82, 2.24) is 4.90 Å². The number of fused-ring (bicyclic) bond motifs is 1. The number of aliphatic carboxylic acids is 1. The molecule has 1 amide bonds. The van der Waals surface area contributed by atoms with Gasteiger partial charge in [0.2, 0.25) is 6.79 Å². The Hall–Kier alpha value is -3.81. The largest absolute Gasteiger partial charge is 0.550 e. The number of carboxylic acids is 1. The second-order valence-electron chi connectivity index (χ2n) is 8.15. The van der Waals surface area contributed by atoms with Crippen LogP contribution in [0.3, 0.4) is 0 Å². The fourth-order valence-electron chi connectivity index (χ4n) is 4.14. The molecule has 0 saturated carbocycles. The number of aryl methyl sites for hydroxylation is 1. The van der Waals surface area contributed by atoms with Crippen LogP contribution in [0.2, 0.25) is 0 Å². The maximum absolute atomic E-state index is 13.0. The first-order valence-corrected chi connectivity index (χ1v) is 10.8. The Morgan fingerprint density at radius 2 is 1.79 bits per heavy atom. The normalized spacial score (nSPS) is 18.7. The fourth-order valence-corrected chi connectivity index (χ4v) is 4.14. The number of carbonyl (C=O) groups excluding carboxylic acids is 3. The number of ether oxygens (including phenoxy) is 2. The standard InChI is InChI=1S/C25H25NO7/c1-15-6-8-16(9-7-15)23(29)21-22(17-10-11-18-19(13-17)33-14-32-18)26(25(31)24(21)30)12-4-2-3-5-20(27)28/h6-11,13,22,29H,2-5,12,14H2,1H3,(H,27,28)/p-1/t22-/m1/s1. The topological polar surface area (TPSA) is 116 Å². The minimum absolute atomic E-state index is 0.0115. The van der Waals surface area contributed by atoms with Crippen molar-refractivity contribution in [3.63, 3.8) is 0 Å². The van der Waals surface area contributed by atoms with Crippen LogP contribution in [0.1, 0.15) is 48.4 Å². The van der Waals surface area contributed by atoms with E-state index in [1.807, 2.05) is 19.1 Å². The van der Waals surface area contributed by atoms with E-state index in [0.29, 0.717) is 41.9 Å². The number of Topliss-reactive ketones (excluding diaryl/α,β-unsaturated/α-hetero) is 1. The van der Waals surface area contributed by atoms with Crippen LogP contribution in [0.5, 0.6) is 11.5 Å². The van der Waals surface area contributed by atoms with E-state index >= 15 is 0 Å². The van der Waals surface area contributed by atoms with Gasteiger partial charge in [0.25, 0.3) is 11.7 Å². The number of hydrogen-bond acceptors (Lipinski definition) is 7. The molecule has 2 heterocycles. The third kappa shape index (κ3) is 4.55. The Labute approximate surface area is 191 Å². The SMILES string of the molecule is Cc1ccc(C(O)=C2C(=O)C(=O)N(CCCCCC(=O)[O-])[C@@H]2c2ccc3c(c2)OCO3)cc1. The molecular weight excluding hydrogens is 426 g/mol. The molecule has 4 rings (SSSR count). The highest BCUT2D eigenvalue weighted by Crippen LogP contribution is 2.43. The van der Waals surface area contributed by atoms with Crippen molar-refractivity contribution in [2.45, 2.75) is 38.6 Å². The van der Waals surface area contributed by atoms with Gasteiger partial charge in [-0.3, -0.25) is 9.59 Å². The summed E-state index contributed by atoms with van der Waals surface area (Å²) in [7, 11) is 0. The van der Waals surface area contributed by atoms with Gasteiger partial charge in [-0.25, -0.2) is 0 Å². The highest BCUT2D eigenvalue weighted by Gasteiger charge is 2.46. The van der Waals surface area contributed by atoms with E-state index in [-0.39, 0.29) is 31.1 Å². The molecule has 0 aromatic heterocycles. The Bertz CT molecular complexity index is 1120. The van der Waals surface area contributed by atoms with E-state index in [0.717, 1.165) is 5.56 Å². The molecular formula is C25H24NO7-. The Morgan fingerprint density at radius 3 is 2.52 bits per heavy atom. The van der Waals surface area contributed by atoms with Crippen LogP contribution in [-0.2, 0) is 14.4 Å². The van der Waals surface area contributed by atoms with Crippen molar-refractivity contribution >= 4 is 23.4 Å². The summed E-state index contributed by atoms with van der Waals surface area (Å²) in [5, 5.41) is 21.7. The number of nitrogens with zero attached hydrogens (tertiary/aromatic N) is 1. The minimum Gasteiger partial charge on any atom is -0.550 e. The number of hydrogen-bond donors (Lipinski definition) is 1. The average molecular weight is 450 g/mol. The van der Waals surface area contributed by atoms with Crippen molar-refractivity contribution in [3.05, 3.63) is 64.7 Å². The molecule has 0 aliphatic carbocycles. The van der Waals surface area contributed by atoms with Gasteiger partial charge in [0.15, 0.2) is 11.5 Å². The summed E-state index contributed by atoms with van der Waals surface area (Å²) in [6.45, 7) is 2.23. The Kier molecular flexibility index (Phi) is 6.35. The zero-order valence-electron chi connectivity index (χ0n) is 18.2. The number of aliphatic hydroxyl groups is 1. The summed E-state index contributed by atoms with van der Waals surface area (Å²) in [6, 6.07) is 11.4. The number of benzene rings is 2. The number of likely N-dealkylation sites (tertiary alicyclic amines) is 1. The second kappa shape index (κ2) is 9.36. The molecule has 8 heteroatoms. The predicted molar refractivity (Wildman–Crippen MR) is 116 cm³/mol. The molecule has 0 spiro atoms. The quantitative estimate of drug-likeness (QED) is 0.284. The lowest BCUT2D eigenvalue weighted by atomic mass is 9.94. The van der Waals surface area contributed by atoms with Crippen molar-refractivity contribution in [2.75, 3.05) is 13.3 Å². The molecule has 0 unspecified atom stereocenters. The van der Waals surface area contributed by atoms with Crippen molar-refractivity contribution in [2.24, 2.45) is 0 Å². The van der Waals surface area contributed by atoms with Gasteiger partial charge in [0.05, 0.1) is 11.6 Å². The number of amides is 1. The lowest BCUT2D eigenvalue weighted by Gasteiger charge is -2.25. The van der Waals surface area contributed by atoms with Crippen LogP contribution < -0.4 is 14.6 Å². The zero-order valence-corrected chi connectivity index (χ0v) is 18.2. The molecule has 1 fully saturated rings. The first kappa shape index (κ1) is 22.4. The van der Waals surface area contributed by atoms with Crippen LogP contribution >= 0.6 is 0 Å². The number of ketones is 1. The van der Waals surface area contributed by atoms with Gasteiger partial charge >= 0.3 is 0 Å². The van der Waals surface area contributed by atoms with Crippen molar-refractivity contribution in [3.8, 4) is 11.5 Å². The fraction of sp³-hybridized carbons (Fsp3) is 0.320. The molecule has 8 nitrogen and oxygen atoms in total.